The fraction of sp³-hybridized carbons (Fsp3) is 0.276. The van der Waals surface area contributed by atoms with E-state index in [9.17, 15) is 4.79 Å². The molecule has 162 valence electrons. The van der Waals surface area contributed by atoms with E-state index in [0.29, 0.717) is 6.42 Å². The predicted octanol–water partition coefficient (Wildman–Crippen LogP) is 6.12. The molecule has 0 spiro atoms. The number of nitrogens with zero attached hydrogens (tertiary/aromatic N) is 1. The van der Waals surface area contributed by atoms with Gasteiger partial charge in [-0.15, -0.1) is 0 Å². The summed E-state index contributed by atoms with van der Waals surface area (Å²) in [5.41, 5.74) is 7.71. The molecule has 1 aliphatic carbocycles. The van der Waals surface area contributed by atoms with Crippen LogP contribution in [-0.2, 0) is 24.2 Å². The smallest absolute Gasteiger partial charge is 0.220 e. The van der Waals surface area contributed by atoms with E-state index in [0.717, 1.165) is 32.2 Å². The molecular weight excluding hydrogens is 392 g/mol. The van der Waals surface area contributed by atoms with Gasteiger partial charge >= 0.3 is 0 Å². The molecule has 0 saturated heterocycles. The Morgan fingerprint density at radius 2 is 1.78 bits per heavy atom. The number of nitrogens with one attached hydrogen (secondary N) is 1. The molecule has 0 bridgehead atoms. The highest BCUT2D eigenvalue weighted by molar-refractivity contribution is 5.85. The van der Waals surface area contributed by atoms with Crippen molar-refractivity contribution in [2.75, 3.05) is 0 Å². The monoisotopic (exact) mass is 422 g/mol. The molecule has 5 rings (SSSR count). The number of benzene rings is 3. The Hall–Kier alpha value is -3.33. The Kier molecular flexibility index (Phi) is 5.81. The average Bonchev–Trinajstić information content (AvgIpc) is 3.17. The van der Waals surface area contributed by atoms with Crippen molar-refractivity contribution in [3.05, 3.63) is 107 Å². The van der Waals surface area contributed by atoms with Crippen LogP contribution in [0.15, 0.2) is 79.0 Å². The van der Waals surface area contributed by atoms with Gasteiger partial charge in [-0.2, -0.15) is 0 Å². The summed E-state index contributed by atoms with van der Waals surface area (Å²) >= 11 is 0. The lowest BCUT2D eigenvalue weighted by Crippen LogP contribution is -2.31. The predicted molar refractivity (Wildman–Crippen MR) is 131 cm³/mol. The Morgan fingerprint density at radius 1 is 1.00 bits per heavy atom. The summed E-state index contributed by atoms with van der Waals surface area (Å²) in [6, 6.07) is 25.9. The lowest BCUT2D eigenvalue weighted by atomic mass is 9.87. The molecule has 1 N–H and O–H groups in total. The third-order valence-electron chi connectivity index (χ3n) is 6.67. The fourth-order valence-electron chi connectivity index (χ4n) is 4.96. The molecule has 0 unspecified atom stereocenters. The zero-order chi connectivity index (χ0) is 21.9. The van der Waals surface area contributed by atoms with Crippen LogP contribution in [-0.4, -0.2) is 10.5 Å². The molecule has 3 heteroatoms. The highest BCUT2D eigenvalue weighted by atomic mass is 16.1. The number of amides is 1. The lowest BCUT2D eigenvalue weighted by molar-refractivity contribution is -0.121. The van der Waals surface area contributed by atoms with E-state index in [1.807, 2.05) is 0 Å². The molecule has 0 radical (unpaired) electrons. The molecular formula is C29H30N2O. The molecule has 1 atom stereocenters. The second-order valence-electron chi connectivity index (χ2n) is 9.00. The molecule has 32 heavy (non-hydrogen) atoms. The summed E-state index contributed by atoms with van der Waals surface area (Å²) in [6.07, 6.45) is 6.77. The second kappa shape index (κ2) is 9.04. The van der Waals surface area contributed by atoms with E-state index in [-0.39, 0.29) is 11.9 Å². The van der Waals surface area contributed by atoms with E-state index in [1.54, 1.807) is 0 Å². The van der Waals surface area contributed by atoms with Gasteiger partial charge in [-0.05, 0) is 60.9 Å². The Labute approximate surface area is 190 Å². The minimum Gasteiger partial charge on any atom is -0.349 e. The van der Waals surface area contributed by atoms with Crippen LogP contribution in [0, 0.1) is 6.92 Å². The first-order chi connectivity index (χ1) is 15.7. The molecule has 1 amide bonds. The van der Waals surface area contributed by atoms with Crippen LogP contribution in [0.5, 0.6) is 0 Å². The lowest BCUT2D eigenvalue weighted by Gasteiger charge is -2.26. The SMILES string of the molecule is Cc1ccc(Cn2cc(CCC(=O)N[C@@H]3CCCc4ccccc43)c3ccccc32)cc1. The Morgan fingerprint density at radius 3 is 2.66 bits per heavy atom. The summed E-state index contributed by atoms with van der Waals surface area (Å²) in [5, 5.41) is 4.55. The third-order valence-corrected chi connectivity index (χ3v) is 6.67. The van der Waals surface area contributed by atoms with Crippen molar-refractivity contribution in [2.24, 2.45) is 0 Å². The average molecular weight is 423 g/mol. The van der Waals surface area contributed by atoms with Crippen molar-refractivity contribution < 1.29 is 4.79 Å². The number of carbonyl (C=O) groups is 1. The van der Waals surface area contributed by atoms with Crippen LogP contribution >= 0.6 is 0 Å². The van der Waals surface area contributed by atoms with Crippen LogP contribution < -0.4 is 5.32 Å². The number of hydrogen-bond donors (Lipinski definition) is 1. The van der Waals surface area contributed by atoms with Gasteiger partial charge in [-0.25, -0.2) is 0 Å². The van der Waals surface area contributed by atoms with Crippen molar-refractivity contribution in [3.63, 3.8) is 0 Å². The van der Waals surface area contributed by atoms with Crippen LogP contribution in [0.3, 0.4) is 0 Å². The Bertz CT molecular complexity index is 1240. The minimum atomic E-state index is 0.141. The summed E-state index contributed by atoms with van der Waals surface area (Å²) < 4.78 is 2.31. The van der Waals surface area contributed by atoms with Gasteiger partial charge in [0.1, 0.15) is 0 Å². The number of aryl methyl sites for hydroxylation is 3. The van der Waals surface area contributed by atoms with Crippen molar-refractivity contribution in [3.8, 4) is 0 Å². The molecule has 1 aliphatic rings. The largest absolute Gasteiger partial charge is 0.349 e. The number of fused-ring (bicyclic) bond motifs is 2. The van der Waals surface area contributed by atoms with E-state index in [1.165, 1.54) is 38.7 Å². The van der Waals surface area contributed by atoms with Gasteiger partial charge in [0.2, 0.25) is 5.91 Å². The van der Waals surface area contributed by atoms with Gasteiger partial charge in [-0.1, -0.05) is 72.3 Å². The number of rotatable bonds is 6. The molecule has 0 saturated carbocycles. The van der Waals surface area contributed by atoms with E-state index < -0.39 is 0 Å². The molecule has 4 aromatic rings. The topological polar surface area (TPSA) is 34.0 Å². The van der Waals surface area contributed by atoms with Crippen LogP contribution in [0.2, 0.25) is 0 Å². The number of aromatic nitrogens is 1. The van der Waals surface area contributed by atoms with Gasteiger partial charge < -0.3 is 9.88 Å². The van der Waals surface area contributed by atoms with Gasteiger partial charge in [0.25, 0.3) is 0 Å². The van der Waals surface area contributed by atoms with Gasteiger partial charge in [-0.3, -0.25) is 4.79 Å². The summed E-state index contributed by atoms with van der Waals surface area (Å²) in [5.74, 6) is 0.141. The second-order valence-corrected chi connectivity index (χ2v) is 9.00. The van der Waals surface area contributed by atoms with E-state index in [4.69, 9.17) is 0 Å². The molecule has 0 fully saturated rings. The van der Waals surface area contributed by atoms with Gasteiger partial charge in [0, 0.05) is 30.1 Å². The van der Waals surface area contributed by atoms with Crippen LogP contribution in [0.25, 0.3) is 10.9 Å². The van der Waals surface area contributed by atoms with Gasteiger partial charge in [0.05, 0.1) is 6.04 Å². The van der Waals surface area contributed by atoms with Crippen molar-refractivity contribution in [1.29, 1.82) is 0 Å². The first-order valence-corrected chi connectivity index (χ1v) is 11.7. The van der Waals surface area contributed by atoms with Crippen LogP contribution in [0.1, 0.15) is 53.1 Å². The van der Waals surface area contributed by atoms with Crippen molar-refractivity contribution in [1.82, 2.24) is 9.88 Å². The maximum absolute atomic E-state index is 12.8. The standard InChI is InChI=1S/C29H30N2O/c1-21-13-15-22(16-14-21)19-31-20-24(26-10-4-5-12-28(26)31)17-18-29(32)30-27-11-6-8-23-7-2-3-9-25(23)27/h2-5,7,9-10,12-16,20,27H,6,8,11,17-19H2,1H3,(H,30,32)/t27-/m1/s1. The number of carbonyl (C=O) groups excluding carboxylic acids is 1. The Balaban J connectivity index is 1.29. The highest BCUT2D eigenvalue weighted by Gasteiger charge is 2.21. The molecule has 3 aromatic carbocycles. The maximum Gasteiger partial charge on any atom is 0.220 e. The zero-order valence-electron chi connectivity index (χ0n) is 18.7. The number of para-hydroxylation sites is 1. The molecule has 0 aliphatic heterocycles. The fourth-order valence-corrected chi connectivity index (χ4v) is 4.96. The molecule has 1 heterocycles. The van der Waals surface area contributed by atoms with E-state index >= 15 is 0 Å². The maximum atomic E-state index is 12.8. The summed E-state index contributed by atoms with van der Waals surface area (Å²) in [6.45, 7) is 2.95. The number of hydrogen-bond acceptors (Lipinski definition) is 1. The zero-order valence-corrected chi connectivity index (χ0v) is 18.7. The minimum absolute atomic E-state index is 0.141. The summed E-state index contributed by atoms with van der Waals surface area (Å²) in [7, 11) is 0. The molecule has 3 nitrogen and oxygen atoms in total. The first-order valence-electron chi connectivity index (χ1n) is 11.7. The first kappa shape index (κ1) is 20.6. The molecule has 1 aromatic heterocycles. The quantitative estimate of drug-likeness (QED) is 0.399. The summed E-state index contributed by atoms with van der Waals surface area (Å²) in [4.78, 5) is 12.8. The van der Waals surface area contributed by atoms with Crippen molar-refractivity contribution >= 4 is 16.8 Å². The van der Waals surface area contributed by atoms with E-state index in [2.05, 4.69) is 95.8 Å². The van der Waals surface area contributed by atoms with Gasteiger partial charge in [0.15, 0.2) is 0 Å². The third kappa shape index (κ3) is 4.34. The highest BCUT2D eigenvalue weighted by Crippen LogP contribution is 2.30. The normalized spacial score (nSPS) is 15.5. The van der Waals surface area contributed by atoms with Crippen LogP contribution in [0.4, 0.5) is 0 Å². The van der Waals surface area contributed by atoms with Crippen molar-refractivity contribution in [2.45, 2.75) is 51.6 Å².